The molecule has 0 aliphatic rings. The predicted octanol–water partition coefficient (Wildman–Crippen LogP) is 3.90. The van der Waals surface area contributed by atoms with Gasteiger partial charge in [0.05, 0.1) is 28.4 Å². The zero-order valence-corrected chi connectivity index (χ0v) is 13.6. The molecule has 0 unspecified atom stereocenters. The van der Waals surface area contributed by atoms with E-state index in [1.165, 1.54) is 6.07 Å². The number of aromatic nitrogens is 1. The van der Waals surface area contributed by atoms with Crippen molar-refractivity contribution < 1.29 is 14.5 Å². The van der Waals surface area contributed by atoms with Gasteiger partial charge in [-0.3, -0.25) is 15.1 Å². The molecule has 1 aromatic heterocycles. The maximum atomic E-state index is 12.0. The fraction of sp³-hybridized carbons (Fsp3) is 0.222. The van der Waals surface area contributed by atoms with Crippen LogP contribution in [-0.2, 0) is 11.2 Å². The Labute approximate surface area is 140 Å². The van der Waals surface area contributed by atoms with Gasteiger partial charge < -0.3 is 4.74 Å². The molecular formula is C18H18N2O4. The van der Waals surface area contributed by atoms with Gasteiger partial charge in [-0.15, -0.1) is 0 Å². The average molecular weight is 326 g/mol. The molecule has 0 bridgehead atoms. The summed E-state index contributed by atoms with van der Waals surface area (Å²) in [5.74, 6) is -0.392. The zero-order valence-electron chi connectivity index (χ0n) is 13.6. The number of rotatable bonds is 6. The molecule has 0 amide bonds. The molecule has 24 heavy (non-hydrogen) atoms. The molecule has 0 fully saturated rings. The first-order chi connectivity index (χ1) is 11.6. The standard InChI is InChI=1S/C18H18N2O4/c1-3-13-12-19-15(11-16(13)18(21)24-4-2)10-9-14-7-5-6-8-17(14)20(22)23/h5-12H,3-4H2,1-2H3/b10-9+. The highest BCUT2D eigenvalue weighted by Crippen LogP contribution is 2.20. The normalized spacial score (nSPS) is 10.8. The van der Waals surface area contributed by atoms with Crippen LogP contribution >= 0.6 is 0 Å². The number of ether oxygens (including phenoxy) is 1. The molecule has 0 atom stereocenters. The van der Waals surface area contributed by atoms with E-state index in [0.29, 0.717) is 29.8 Å². The first-order valence-corrected chi connectivity index (χ1v) is 7.64. The van der Waals surface area contributed by atoms with Crippen LogP contribution in [0, 0.1) is 10.1 Å². The van der Waals surface area contributed by atoms with Gasteiger partial charge in [-0.25, -0.2) is 4.79 Å². The Kier molecular flexibility index (Phi) is 5.78. The minimum Gasteiger partial charge on any atom is -0.462 e. The highest BCUT2D eigenvalue weighted by atomic mass is 16.6. The maximum Gasteiger partial charge on any atom is 0.338 e. The van der Waals surface area contributed by atoms with E-state index < -0.39 is 10.9 Å². The molecule has 0 N–H and O–H groups in total. The van der Waals surface area contributed by atoms with Crippen LogP contribution in [0.2, 0.25) is 0 Å². The molecule has 0 saturated heterocycles. The van der Waals surface area contributed by atoms with Crippen LogP contribution in [0.5, 0.6) is 0 Å². The number of hydrogen-bond acceptors (Lipinski definition) is 5. The third-order valence-electron chi connectivity index (χ3n) is 3.45. The van der Waals surface area contributed by atoms with Gasteiger partial charge in [0.2, 0.25) is 0 Å². The van der Waals surface area contributed by atoms with Crippen LogP contribution in [0.1, 0.15) is 41.0 Å². The Morgan fingerprint density at radius 1 is 1.29 bits per heavy atom. The predicted molar refractivity (Wildman–Crippen MR) is 91.6 cm³/mol. The number of esters is 1. The van der Waals surface area contributed by atoms with Gasteiger partial charge in [-0.1, -0.05) is 19.1 Å². The molecule has 0 saturated carbocycles. The number of nitro groups is 1. The molecule has 6 nitrogen and oxygen atoms in total. The number of hydrogen-bond donors (Lipinski definition) is 0. The molecular weight excluding hydrogens is 308 g/mol. The second kappa shape index (κ2) is 8.01. The van der Waals surface area contributed by atoms with E-state index in [9.17, 15) is 14.9 Å². The van der Waals surface area contributed by atoms with Crippen molar-refractivity contribution in [2.75, 3.05) is 6.61 Å². The highest BCUT2D eigenvalue weighted by Gasteiger charge is 2.13. The lowest BCUT2D eigenvalue weighted by Gasteiger charge is -2.07. The molecule has 2 rings (SSSR count). The van der Waals surface area contributed by atoms with Gasteiger partial charge in [-0.2, -0.15) is 0 Å². The van der Waals surface area contributed by atoms with E-state index in [1.807, 2.05) is 6.92 Å². The van der Waals surface area contributed by atoms with E-state index in [-0.39, 0.29) is 5.69 Å². The van der Waals surface area contributed by atoms with Gasteiger partial charge in [0.15, 0.2) is 0 Å². The summed E-state index contributed by atoms with van der Waals surface area (Å²) < 4.78 is 5.06. The van der Waals surface area contributed by atoms with Crippen LogP contribution < -0.4 is 0 Å². The van der Waals surface area contributed by atoms with Gasteiger partial charge in [0, 0.05) is 12.3 Å². The van der Waals surface area contributed by atoms with Crippen LogP contribution in [-0.4, -0.2) is 22.5 Å². The summed E-state index contributed by atoms with van der Waals surface area (Å²) in [7, 11) is 0. The zero-order chi connectivity index (χ0) is 17.5. The second-order valence-corrected chi connectivity index (χ2v) is 4.99. The number of nitro benzene ring substituents is 1. The first-order valence-electron chi connectivity index (χ1n) is 7.64. The van der Waals surface area contributed by atoms with E-state index in [1.54, 1.807) is 49.5 Å². The molecule has 0 spiro atoms. The van der Waals surface area contributed by atoms with Crippen molar-refractivity contribution in [2.45, 2.75) is 20.3 Å². The molecule has 0 aliphatic heterocycles. The lowest BCUT2D eigenvalue weighted by Crippen LogP contribution is -2.09. The third kappa shape index (κ3) is 4.04. The van der Waals surface area contributed by atoms with Gasteiger partial charge >= 0.3 is 5.97 Å². The summed E-state index contributed by atoms with van der Waals surface area (Å²) in [5.41, 5.74) is 2.30. The van der Waals surface area contributed by atoms with Crippen molar-refractivity contribution in [3.05, 3.63) is 69.0 Å². The van der Waals surface area contributed by atoms with Crippen molar-refractivity contribution >= 4 is 23.8 Å². The lowest BCUT2D eigenvalue weighted by atomic mass is 10.1. The number of carbonyl (C=O) groups is 1. The smallest absolute Gasteiger partial charge is 0.338 e. The molecule has 124 valence electrons. The number of benzene rings is 1. The Balaban J connectivity index is 2.35. The minimum atomic E-state index is -0.433. The largest absolute Gasteiger partial charge is 0.462 e. The van der Waals surface area contributed by atoms with Crippen LogP contribution in [0.4, 0.5) is 5.69 Å². The van der Waals surface area contributed by atoms with Gasteiger partial charge in [-0.05, 0) is 43.2 Å². The molecule has 6 heteroatoms. The fourth-order valence-electron chi connectivity index (χ4n) is 2.24. The number of nitrogens with zero attached hydrogens (tertiary/aromatic N) is 2. The SMILES string of the molecule is CCOC(=O)c1cc(/C=C/c2ccccc2[N+](=O)[O-])ncc1CC. The van der Waals surface area contributed by atoms with Crippen molar-refractivity contribution in [3.63, 3.8) is 0 Å². The van der Waals surface area contributed by atoms with Crippen molar-refractivity contribution in [3.8, 4) is 0 Å². The van der Waals surface area contributed by atoms with E-state index in [4.69, 9.17) is 4.74 Å². The first kappa shape index (κ1) is 17.3. The Hall–Kier alpha value is -3.02. The summed E-state index contributed by atoms with van der Waals surface area (Å²) in [5, 5.41) is 11.0. The van der Waals surface area contributed by atoms with E-state index in [0.717, 1.165) is 5.56 Å². The topological polar surface area (TPSA) is 82.3 Å². The molecule has 0 aliphatic carbocycles. The monoisotopic (exact) mass is 326 g/mol. The summed E-state index contributed by atoms with van der Waals surface area (Å²) in [4.78, 5) is 26.9. The van der Waals surface area contributed by atoms with E-state index in [2.05, 4.69) is 4.98 Å². The van der Waals surface area contributed by atoms with Crippen LogP contribution in [0.15, 0.2) is 36.5 Å². The van der Waals surface area contributed by atoms with Crippen molar-refractivity contribution in [1.82, 2.24) is 4.98 Å². The number of carbonyl (C=O) groups excluding carboxylic acids is 1. The summed E-state index contributed by atoms with van der Waals surface area (Å²) >= 11 is 0. The number of pyridine rings is 1. The Bertz CT molecular complexity index is 784. The van der Waals surface area contributed by atoms with Crippen LogP contribution in [0.3, 0.4) is 0 Å². The maximum absolute atomic E-state index is 12.0. The highest BCUT2D eigenvalue weighted by molar-refractivity contribution is 5.91. The number of para-hydroxylation sites is 1. The molecule has 2 aromatic rings. The molecule has 1 heterocycles. The van der Waals surface area contributed by atoms with Crippen molar-refractivity contribution in [2.24, 2.45) is 0 Å². The second-order valence-electron chi connectivity index (χ2n) is 4.99. The number of aryl methyl sites for hydroxylation is 1. The Morgan fingerprint density at radius 3 is 2.71 bits per heavy atom. The Morgan fingerprint density at radius 2 is 2.04 bits per heavy atom. The van der Waals surface area contributed by atoms with Crippen molar-refractivity contribution in [1.29, 1.82) is 0 Å². The summed E-state index contributed by atoms with van der Waals surface area (Å²) in [6, 6.07) is 8.08. The average Bonchev–Trinajstić information content (AvgIpc) is 2.60. The quantitative estimate of drug-likeness (QED) is 0.457. The van der Waals surface area contributed by atoms with Gasteiger partial charge in [0.1, 0.15) is 0 Å². The summed E-state index contributed by atoms with van der Waals surface area (Å²) in [6.45, 7) is 3.98. The van der Waals surface area contributed by atoms with Crippen LogP contribution in [0.25, 0.3) is 12.2 Å². The van der Waals surface area contributed by atoms with E-state index >= 15 is 0 Å². The molecule has 0 radical (unpaired) electrons. The lowest BCUT2D eigenvalue weighted by molar-refractivity contribution is -0.385. The minimum absolute atomic E-state index is 0.0181. The summed E-state index contributed by atoms with van der Waals surface area (Å²) in [6.07, 6.45) is 5.55. The van der Waals surface area contributed by atoms with Gasteiger partial charge in [0.25, 0.3) is 5.69 Å². The fourth-order valence-corrected chi connectivity index (χ4v) is 2.24. The molecule has 1 aromatic carbocycles. The third-order valence-corrected chi connectivity index (χ3v) is 3.45.